The van der Waals surface area contributed by atoms with Crippen LogP contribution in [0.1, 0.15) is 49.8 Å². The molecule has 0 amide bonds. The lowest BCUT2D eigenvalue weighted by Crippen LogP contribution is -2.63. The SMILES string of the molecule is CC(C)c1ccc(C(O)(c2cnnc(OC3CCOC3)c2)C2(C)CNC2)cc1. The minimum absolute atomic E-state index is 0.0103. The monoisotopic (exact) mass is 383 g/mol. The molecule has 0 spiro atoms. The van der Waals surface area contributed by atoms with Crippen molar-refractivity contribution in [3.05, 3.63) is 53.2 Å². The van der Waals surface area contributed by atoms with E-state index in [0.29, 0.717) is 30.6 Å². The number of nitrogens with one attached hydrogen (secondary N) is 1. The second-order valence-corrected chi connectivity index (χ2v) is 8.54. The lowest BCUT2D eigenvalue weighted by Gasteiger charge is -2.51. The first-order chi connectivity index (χ1) is 13.4. The van der Waals surface area contributed by atoms with Crippen LogP contribution in [0, 0.1) is 5.41 Å². The van der Waals surface area contributed by atoms with E-state index in [9.17, 15) is 5.11 Å². The minimum Gasteiger partial charge on any atom is -0.471 e. The highest BCUT2D eigenvalue weighted by molar-refractivity contribution is 5.41. The number of rotatable bonds is 6. The molecule has 3 heterocycles. The molecule has 1 aromatic carbocycles. The van der Waals surface area contributed by atoms with Gasteiger partial charge in [0.15, 0.2) is 0 Å². The smallest absolute Gasteiger partial charge is 0.234 e. The van der Waals surface area contributed by atoms with Crippen LogP contribution in [0.4, 0.5) is 0 Å². The summed E-state index contributed by atoms with van der Waals surface area (Å²) in [6.07, 6.45) is 2.48. The van der Waals surface area contributed by atoms with Crippen molar-refractivity contribution in [3.63, 3.8) is 0 Å². The van der Waals surface area contributed by atoms with Crippen LogP contribution in [-0.2, 0) is 10.3 Å². The van der Waals surface area contributed by atoms with E-state index in [1.807, 2.05) is 18.2 Å². The van der Waals surface area contributed by atoms with E-state index in [2.05, 4.69) is 48.4 Å². The maximum Gasteiger partial charge on any atom is 0.234 e. The Labute approximate surface area is 166 Å². The van der Waals surface area contributed by atoms with Gasteiger partial charge in [-0.3, -0.25) is 0 Å². The molecule has 150 valence electrons. The van der Waals surface area contributed by atoms with E-state index in [-0.39, 0.29) is 11.5 Å². The number of ether oxygens (including phenoxy) is 2. The highest BCUT2D eigenvalue weighted by atomic mass is 16.5. The molecule has 2 unspecified atom stereocenters. The third kappa shape index (κ3) is 3.30. The van der Waals surface area contributed by atoms with Crippen molar-refractivity contribution in [1.29, 1.82) is 0 Å². The molecule has 6 heteroatoms. The molecule has 2 aliphatic rings. The van der Waals surface area contributed by atoms with Crippen LogP contribution in [0.5, 0.6) is 5.88 Å². The molecule has 28 heavy (non-hydrogen) atoms. The highest BCUT2D eigenvalue weighted by Crippen LogP contribution is 2.47. The third-order valence-electron chi connectivity index (χ3n) is 6.12. The zero-order valence-electron chi connectivity index (χ0n) is 16.8. The Kier molecular flexibility index (Phi) is 5.12. The van der Waals surface area contributed by atoms with Gasteiger partial charge in [-0.2, -0.15) is 5.10 Å². The summed E-state index contributed by atoms with van der Waals surface area (Å²) in [5.41, 5.74) is 1.29. The first-order valence-corrected chi connectivity index (χ1v) is 10.0. The Morgan fingerprint density at radius 1 is 1.25 bits per heavy atom. The molecule has 0 aliphatic carbocycles. The van der Waals surface area contributed by atoms with Crippen molar-refractivity contribution in [1.82, 2.24) is 15.5 Å². The summed E-state index contributed by atoms with van der Waals surface area (Å²) in [6.45, 7) is 9.16. The average Bonchev–Trinajstić information content (AvgIpc) is 3.18. The van der Waals surface area contributed by atoms with Crippen molar-refractivity contribution in [3.8, 4) is 5.88 Å². The molecule has 0 saturated carbocycles. The number of aliphatic hydroxyl groups is 1. The minimum atomic E-state index is -1.19. The first kappa shape index (κ1) is 19.3. The topological polar surface area (TPSA) is 76.5 Å². The number of aromatic nitrogens is 2. The quantitative estimate of drug-likeness (QED) is 0.799. The van der Waals surface area contributed by atoms with Crippen LogP contribution in [0.15, 0.2) is 36.5 Å². The normalized spacial score (nSPS) is 23.2. The summed E-state index contributed by atoms with van der Waals surface area (Å²) in [4.78, 5) is 0. The zero-order chi connectivity index (χ0) is 19.8. The molecular formula is C22H29N3O3. The van der Waals surface area contributed by atoms with Crippen LogP contribution >= 0.6 is 0 Å². The van der Waals surface area contributed by atoms with Crippen LogP contribution in [-0.4, -0.2) is 47.7 Å². The van der Waals surface area contributed by atoms with Gasteiger partial charge in [-0.05, 0) is 17.0 Å². The van der Waals surface area contributed by atoms with Crippen LogP contribution in [0.25, 0.3) is 0 Å². The molecule has 4 rings (SSSR count). The number of benzene rings is 1. The summed E-state index contributed by atoms with van der Waals surface area (Å²) in [5.74, 6) is 0.875. The maximum atomic E-state index is 12.1. The maximum absolute atomic E-state index is 12.1. The molecule has 2 fully saturated rings. The van der Waals surface area contributed by atoms with Gasteiger partial charge < -0.3 is 19.9 Å². The second kappa shape index (κ2) is 7.43. The fourth-order valence-corrected chi connectivity index (χ4v) is 4.11. The van der Waals surface area contributed by atoms with Crippen LogP contribution in [0.2, 0.25) is 0 Å². The van der Waals surface area contributed by atoms with E-state index in [4.69, 9.17) is 9.47 Å². The summed E-state index contributed by atoms with van der Waals surface area (Å²) >= 11 is 0. The van der Waals surface area contributed by atoms with Gasteiger partial charge in [0.05, 0.1) is 19.4 Å². The van der Waals surface area contributed by atoms with E-state index < -0.39 is 5.60 Å². The standard InChI is InChI=1S/C22H29N3O3/c1-15(2)16-4-6-17(7-5-16)22(26,21(3)13-23-14-21)18-10-20(25-24-11-18)28-19-8-9-27-12-19/h4-7,10-11,15,19,23,26H,8-9,12-14H2,1-3H3. The molecule has 2 atom stereocenters. The fraction of sp³-hybridized carbons (Fsp3) is 0.545. The van der Waals surface area contributed by atoms with Gasteiger partial charge in [0, 0.05) is 36.6 Å². The molecule has 2 aliphatic heterocycles. The number of hydrogen-bond acceptors (Lipinski definition) is 6. The Balaban J connectivity index is 1.72. The van der Waals surface area contributed by atoms with Crippen molar-refractivity contribution >= 4 is 0 Å². The highest BCUT2D eigenvalue weighted by Gasteiger charge is 2.53. The Bertz CT molecular complexity index is 814. The molecular weight excluding hydrogens is 354 g/mol. The van der Waals surface area contributed by atoms with Crippen molar-refractivity contribution in [2.45, 2.75) is 44.8 Å². The number of nitrogens with zero attached hydrogens (tertiary/aromatic N) is 2. The van der Waals surface area contributed by atoms with Gasteiger partial charge in [-0.15, -0.1) is 5.10 Å². The van der Waals surface area contributed by atoms with Gasteiger partial charge in [0.2, 0.25) is 5.88 Å². The van der Waals surface area contributed by atoms with Crippen molar-refractivity contribution in [2.24, 2.45) is 5.41 Å². The fourth-order valence-electron chi connectivity index (χ4n) is 4.11. The predicted octanol–water partition coefficient (Wildman–Crippen LogP) is 2.61. The second-order valence-electron chi connectivity index (χ2n) is 8.54. The van der Waals surface area contributed by atoms with Crippen LogP contribution in [0.3, 0.4) is 0 Å². The molecule has 2 saturated heterocycles. The van der Waals surface area contributed by atoms with Crippen molar-refractivity contribution < 1.29 is 14.6 Å². The van der Waals surface area contributed by atoms with Gasteiger partial charge in [-0.25, -0.2) is 0 Å². The average molecular weight is 383 g/mol. The predicted molar refractivity (Wildman–Crippen MR) is 106 cm³/mol. The van der Waals surface area contributed by atoms with E-state index in [1.165, 1.54) is 5.56 Å². The third-order valence-corrected chi connectivity index (χ3v) is 6.12. The first-order valence-electron chi connectivity index (χ1n) is 10.0. The molecule has 1 aromatic heterocycles. The lowest BCUT2D eigenvalue weighted by atomic mass is 9.63. The molecule has 0 radical (unpaired) electrons. The van der Waals surface area contributed by atoms with Crippen molar-refractivity contribution in [2.75, 3.05) is 26.3 Å². The summed E-state index contributed by atoms with van der Waals surface area (Å²) in [6, 6.07) is 10.1. The molecule has 6 nitrogen and oxygen atoms in total. The largest absolute Gasteiger partial charge is 0.471 e. The van der Waals surface area contributed by atoms with Gasteiger partial charge >= 0.3 is 0 Å². The van der Waals surface area contributed by atoms with E-state index in [0.717, 1.165) is 25.1 Å². The van der Waals surface area contributed by atoms with E-state index >= 15 is 0 Å². The van der Waals surface area contributed by atoms with Gasteiger partial charge in [-0.1, -0.05) is 45.0 Å². The van der Waals surface area contributed by atoms with E-state index in [1.54, 1.807) is 6.20 Å². The van der Waals surface area contributed by atoms with Gasteiger partial charge in [0.1, 0.15) is 11.7 Å². The Morgan fingerprint density at radius 2 is 2.00 bits per heavy atom. The van der Waals surface area contributed by atoms with Crippen LogP contribution < -0.4 is 10.1 Å². The number of hydrogen-bond donors (Lipinski definition) is 2. The molecule has 2 aromatic rings. The summed E-state index contributed by atoms with van der Waals surface area (Å²) < 4.78 is 11.3. The molecule has 0 bridgehead atoms. The summed E-state index contributed by atoms with van der Waals surface area (Å²) in [5, 5.41) is 23.6. The molecule has 2 N–H and O–H groups in total. The Morgan fingerprint density at radius 3 is 2.57 bits per heavy atom. The lowest BCUT2D eigenvalue weighted by molar-refractivity contribution is -0.0772. The summed E-state index contributed by atoms with van der Waals surface area (Å²) in [7, 11) is 0. The zero-order valence-corrected chi connectivity index (χ0v) is 16.8. The Hall–Kier alpha value is -2.02. The van der Waals surface area contributed by atoms with Gasteiger partial charge in [0.25, 0.3) is 0 Å².